The Morgan fingerprint density at radius 1 is 1.50 bits per heavy atom. The second-order valence-corrected chi connectivity index (χ2v) is 8.43. The van der Waals surface area contributed by atoms with Crippen molar-refractivity contribution in [3.05, 3.63) is 27.9 Å². The van der Waals surface area contributed by atoms with Crippen LogP contribution in [0.25, 0.3) is 0 Å². The molecule has 1 amide bonds. The Hall–Kier alpha value is -2.20. The molecule has 1 N–H and O–H groups in total. The summed E-state index contributed by atoms with van der Waals surface area (Å²) in [6, 6.07) is 2.28. The lowest BCUT2D eigenvalue weighted by Crippen LogP contribution is -2.26. The van der Waals surface area contributed by atoms with Crippen LogP contribution >= 0.6 is 11.3 Å². The molecule has 1 atom stereocenters. The van der Waals surface area contributed by atoms with Crippen LogP contribution in [0.1, 0.15) is 53.7 Å². The summed E-state index contributed by atoms with van der Waals surface area (Å²) >= 11 is 1.53. The van der Waals surface area contributed by atoms with E-state index in [1.807, 2.05) is 0 Å². The maximum atomic E-state index is 12.4. The minimum absolute atomic E-state index is 0.248. The first-order valence-corrected chi connectivity index (χ1v) is 8.83. The Balaban J connectivity index is 1.89. The molecule has 0 saturated carbocycles. The summed E-state index contributed by atoms with van der Waals surface area (Å²) in [6.07, 6.45) is 4.38. The number of nitrogens with zero attached hydrogens (tertiary/aromatic N) is 4. The normalized spacial score (nSPS) is 17.2. The van der Waals surface area contributed by atoms with Crippen molar-refractivity contribution in [2.24, 2.45) is 18.4 Å². The van der Waals surface area contributed by atoms with Crippen molar-refractivity contribution >= 4 is 22.2 Å². The number of fused-ring (bicyclic) bond motifs is 1. The fourth-order valence-electron chi connectivity index (χ4n) is 3.19. The number of anilines is 1. The first kappa shape index (κ1) is 16.7. The van der Waals surface area contributed by atoms with Crippen molar-refractivity contribution in [1.82, 2.24) is 15.0 Å². The van der Waals surface area contributed by atoms with Gasteiger partial charge in [0.05, 0.1) is 11.8 Å². The fraction of sp³-hybridized carbons (Fsp3) is 0.529. The number of thiophene rings is 1. The standard InChI is InChI=1S/C17H21N5OS/c1-17(2,3)10-5-6-11-12(8-18)16(24-14(11)7-10)20-15(23)13-9-19-21-22(13)4/h9-10H,5-7H2,1-4H3,(H,20,23)/t10-/m1/s1. The Kier molecular flexibility index (Phi) is 4.18. The highest BCUT2D eigenvalue weighted by Gasteiger charge is 2.32. The van der Waals surface area contributed by atoms with Gasteiger partial charge in [-0.1, -0.05) is 26.0 Å². The highest BCUT2D eigenvalue weighted by molar-refractivity contribution is 7.16. The number of hydrogen-bond acceptors (Lipinski definition) is 5. The van der Waals surface area contributed by atoms with E-state index in [9.17, 15) is 10.1 Å². The third-order valence-corrected chi connectivity index (χ3v) is 5.95. The molecule has 0 unspecified atom stereocenters. The van der Waals surface area contributed by atoms with Crippen LogP contribution in [0.4, 0.5) is 5.00 Å². The predicted octanol–water partition coefficient (Wildman–Crippen LogP) is 3.15. The summed E-state index contributed by atoms with van der Waals surface area (Å²) in [7, 11) is 1.67. The Labute approximate surface area is 145 Å². The van der Waals surface area contributed by atoms with E-state index in [4.69, 9.17) is 0 Å². The molecule has 0 aliphatic heterocycles. The first-order chi connectivity index (χ1) is 11.3. The number of aryl methyl sites for hydroxylation is 1. The van der Waals surface area contributed by atoms with Crippen LogP contribution < -0.4 is 5.32 Å². The highest BCUT2D eigenvalue weighted by Crippen LogP contribution is 2.44. The molecular formula is C17H21N5OS. The molecule has 2 aromatic rings. The average molecular weight is 343 g/mol. The monoisotopic (exact) mass is 343 g/mol. The molecule has 1 aliphatic carbocycles. The van der Waals surface area contributed by atoms with Crippen molar-refractivity contribution in [1.29, 1.82) is 5.26 Å². The number of aromatic nitrogens is 3. The van der Waals surface area contributed by atoms with E-state index in [1.165, 1.54) is 27.1 Å². The maximum Gasteiger partial charge on any atom is 0.276 e. The van der Waals surface area contributed by atoms with Gasteiger partial charge in [-0.15, -0.1) is 16.4 Å². The molecule has 0 bridgehead atoms. The van der Waals surface area contributed by atoms with Gasteiger partial charge in [0.15, 0.2) is 0 Å². The van der Waals surface area contributed by atoms with Crippen LogP contribution in [0.15, 0.2) is 6.20 Å². The number of carbonyl (C=O) groups is 1. The molecule has 126 valence electrons. The summed E-state index contributed by atoms with van der Waals surface area (Å²) in [4.78, 5) is 13.6. The molecule has 0 spiro atoms. The number of carbonyl (C=O) groups excluding carboxylic acids is 1. The summed E-state index contributed by atoms with van der Waals surface area (Å²) in [5.41, 5.74) is 2.35. The lowest BCUT2D eigenvalue weighted by Gasteiger charge is -2.33. The van der Waals surface area contributed by atoms with Crippen molar-refractivity contribution < 1.29 is 4.79 Å². The Morgan fingerprint density at radius 2 is 2.25 bits per heavy atom. The SMILES string of the molecule is Cn1nncc1C(=O)Nc1sc2c(c1C#N)CC[C@@H](C(C)(C)C)C2. The molecule has 2 heterocycles. The number of nitriles is 1. The molecule has 3 rings (SSSR count). The Morgan fingerprint density at radius 3 is 2.83 bits per heavy atom. The predicted molar refractivity (Wildman–Crippen MR) is 93.0 cm³/mol. The van der Waals surface area contributed by atoms with Crippen molar-refractivity contribution in [3.63, 3.8) is 0 Å². The third kappa shape index (κ3) is 2.94. The molecule has 0 radical (unpaired) electrons. The van der Waals surface area contributed by atoms with Crippen molar-refractivity contribution in [2.45, 2.75) is 40.0 Å². The quantitative estimate of drug-likeness (QED) is 0.908. The molecule has 2 aromatic heterocycles. The van der Waals surface area contributed by atoms with Crippen LogP contribution in [0, 0.1) is 22.7 Å². The largest absolute Gasteiger partial charge is 0.311 e. The van der Waals surface area contributed by atoms with E-state index in [1.54, 1.807) is 7.05 Å². The van der Waals surface area contributed by atoms with Gasteiger partial charge >= 0.3 is 0 Å². The van der Waals surface area contributed by atoms with Crippen LogP contribution in [-0.4, -0.2) is 20.9 Å². The van der Waals surface area contributed by atoms with E-state index in [0.717, 1.165) is 24.8 Å². The maximum absolute atomic E-state index is 12.4. The first-order valence-electron chi connectivity index (χ1n) is 8.02. The van der Waals surface area contributed by atoms with Gasteiger partial charge in [0.2, 0.25) is 0 Å². The number of rotatable bonds is 2. The summed E-state index contributed by atoms with van der Waals surface area (Å²) in [5, 5.41) is 20.6. The molecule has 24 heavy (non-hydrogen) atoms. The van der Waals surface area contributed by atoms with Gasteiger partial charge in [-0.3, -0.25) is 4.79 Å². The van der Waals surface area contributed by atoms with Gasteiger partial charge in [-0.05, 0) is 36.2 Å². The zero-order chi connectivity index (χ0) is 17.5. The minimum atomic E-state index is -0.287. The summed E-state index contributed by atoms with van der Waals surface area (Å²) in [5.74, 6) is 0.310. The van der Waals surface area contributed by atoms with E-state index >= 15 is 0 Å². The second-order valence-electron chi connectivity index (χ2n) is 7.32. The van der Waals surface area contributed by atoms with Gasteiger partial charge in [-0.2, -0.15) is 5.26 Å². The molecule has 0 saturated heterocycles. The fourth-order valence-corrected chi connectivity index (χ4v) is 4.47. The molecule has 7 heteroatoms. The zero-order valence-corrected chi connectivity index (χ0v) is 15.2. The summed E-state index contributed by atoms with van der Waals surface area (Å²) < 4.78 is 1.42. The van der Waals surface area contributed by atoms with Crippen LogP contribution in [0.2, 0.25) is 0 Å². The lowest BCUT2D eigenvalue weighted by molar-refractivity contribution is 0.101. The molecule has 1 aliphatic rings. The third-order valence-electron chi connectivity index (χ3n) is 4.78. The molecule has 6 nitrogen and oxygen atoms in total. The molecule has 0 fully saturated rings. The van der Waals surface area contributed by atoms with E-state index in [2.05, 4.69) is 42.5 Å². The van der Waals surface area contributed by atoms with E-state index < -0.39 is 0 Å². The van der Waals surface area contributed by atoms with E-state index in [-0.39, 0.29) is 11.3 Å². The van der Waals surface area contributed by atoms with Gasteiger partial charge in [0, 0.05) is 11.9 Å². The van der Waals surface area contributed by atoms with Crippen LogP contribution in [0.5, 0.6) is 0 Å². The average Bonchev–Trinajstić information content (AvgIpc) is 3.08. The van der Waals surface area contributed by atoms with Crippen molar-refractivity contribution in [2.75, 3.05) is 5.32 Å². The van der Waals surface area contributed by atoms with Crippen LogP contribution in [-0.2, 0) is 19.9 Å². The van der Waals surface area contributed by atoms with Crippen LogP contribution in [0.3, 0.4) is 0 Å². The molecule has 0 aromatic carbocycles. The lowest BCUT2D eigenvalue weighted by atomic mass is 9.72. The van der Waals surface area contributed by atoms with Crippen molar-refractivity contribution in [3.8, 4) is 6.07 Å². The van der Waals surface area contributed by atoms with Gasteiger partial charge in [0.1, 0.15) is 16.8 Å². The number of hydrogen-bond donors (Lipinski definition) is 1. The zero-order valence-electron chi connectivity index (χ0n) is 14.4. The summed E-state index contributed by atoms with van der Waals surface area (Å²) in [6.45, 7) is 6.79. The minimum Gasteiger partial charge on any atom is -0.311 e. The van der Waals surface area contributed by atoms with Gasteiger partial charge < -0.3 is 5.32 Å². The smallest absolute Gasteiger partial charge is 0.276 e. The van der Waals surface area contributed by atoms with E-state index in [0.29, 0.717) is 22.2 Å². The number of amides is 1. The molecular weight excluding hydrogens is 322 g/mol. The Bertz CT molecular complexity index is 821. The van der Waals surface area contributed by atoms with Gasteiger partial charge in [-0.25, -0.2) is 4.68 Å². The highest BCUT2D eigenvalue weighted by atomic mass is 32.1. The van der Waals surface area contributed by atoms with Gasteiger partial charge in [0.25, 0.3) is 5.91 Å². The topological polar surface area (TPSA) is 83.6 Å². The second kappa shape index (κ2) is 6.02. The number of nitrogens with one attached hydrogen (secondary N) is 1.